The van der Waals surface area contributed by atoms with E-state index in [4.69, 9.17) is 9.52 Å². The molecule has 0 fully saturated rings. The van der Waals surface area contributed by atoms with Gasteiger partial charge in [0.25, 0.3) is 5.91 Å². The van der Waals surface area contributed by atoms with Gasteiger partial charge in [0.1, 0.15) is 17.9 Å². The second-order valence-electron chi connectivity index (χ2n) is 5.05. The molecule has 0 aliphatic heterocycles. The lowest BCUT2D eigenvalue weighted by molar-refractivity contribution is 0.0944. The molecule has 0 aliphatic carbocycles. The highest BCUT2D eigenvalue weighted by molar-refractivity contribution is 9.10. The Morgan fingerprint density at radius 1 is 1.38 bits per heavy atom. The van der Waals surface area contributed by atoms with Gasteiger partial charge in [-0.05, 0) is 25.1 Å². The Balaban J connectivity index is 2.06. The molecule has 124 valence electrons. The molecule has 8 heteroatoms. The molecule has 3 aromatic rings. The zero-order valence-electron chi connectivity index (χ0n) is 12.8. The third-order valence-corrected chi connectivity index (χ3v) is 3.87. The largest absolute Gasteiger partial charge is 0.442 e. The predicted molar refractivity (Wildman–Crippen MR) is 93.4 cm³/mol. The highest BCUT2D eigenvalue weighted by Crippen LogP contribution is 2.31. The molecule has 2 heterocycles. The van der Waals surface area contributed by atoms with Crippen LogP contribution in [0.15, 0.2) is 39.5 Å². The first-order valence-electron chi connectivity index (χ1n) is 7.26. The second kappa shape index (κ2) is 6.98. The average molecular weight is 391 g/mol. The monoisotopic (exact) mass is 390 g/mol. The number of amides is 1. The van der Waals surface area contributed by atoms with Crippen LogP contribution in [-0.4, -0.2) is 34.1 Å². The van der Waals surface area contributed by atoms with Crippen LogP contribution in [0.1, 0.15) is 16.1 Å². The molecule has 0 bridgehead atoms. The summed E-state index contributed by atoms with van der Waals surface area (Å²) in [5, 5.41) is 15.2. The molecule has 1 aromatic carbocycles. The molecule has 0 unspecified atom stereocenters. The number of hydrogen-bond donors (Lipinski definition) is 3. The Hall–Kier alpha value is -2.45. The van der Waals surface area contributed by atoms with Crippen LogP contribution in [0.3, 0.4) is 0 Å². The van der Waals surface area contributed by atoms with Crippen LogP contribution in [0.5, 0.6) is 0 Å². The van der Waals surface area contributed by atoms with Crippen LogP contribution in [0.2, 0.25) is 0 Å². The van der Waals surface area contributed by atoms with Gasteiger partial charge in [-0.3, -0.25) is 4.79 Å². The highest BCUT2D eigenvalue weighted by Gasteiger charge is 2.22. The van der Waals surface area contributed by atoms with E-state index in [1.807, 2.05) is 24.3 Å². The number of carbonyl (C=O) groups is 1. The maximum Gasteiger partial charge on any atom is 0.255 e. The summed E-state index contributed by atoms with van der Waals surface area (Å²) in [6.45, 7) is 1.71. The van der Waals surface area contributed by atoms with Crippen molar-refractivity contribution >= 4 is 44.4 Å². The van der Waals surface area contributed by atoms with Gasteiger partial charge in [0.15, 0.2) is 0 Å². The van der Waals surface area contributed by atoms with Gasteiger partial charge in [0.05, 0.1) is 17.6 Å². The van der Waals surface area contributed by atoms with E-state index >= 15 is 0 Å². The molecule has 0 saturated heterocycles. The third kappa shape index (κ3) is 3.24. The van der Waals surface area contributed by atoms with Gasteiger partial charge in [0.2, 0.25) is 5.71 Å². The fourth-order valence-electron chi connectivity index (χ4n) is 2.37. The standard InChI is InChI=1S/C16H15BrN4O3/c1-9-12(15(23)18-5-6-22)13-14(19-8-20-16(13)24-9)21-11-4-2-3-10(17)7-11/h2-4,7-8,22H,5-6H2,1H3,(H,18,23)(H,19,20,21). The lowest BCUT2D eigenvalue weighted by Gasteiger charge is -2.08. The van der Waals surface area contributed by atoms with Gasteiger partial charge in [-0.25, -0.2) is 9.97 Å². The topological polar surface area (TPSA) is 100 Å². The first kappa shape index (κ1) is 16.4. The number of aromatic nitrogens is 2. The molecule has 0 spiro atoms. The van der Waals surface area contributed by atoms with Gasteiger partial charge < -0.3 is 20.2 Å². The van der Waals surface area contributed by atoms with Gasteiger partial charge in [-0.2, -0.15) is 0 Å². The number of anilines is 2. The molecule has 1 amide bonds. The maximum atomic E-state index is 12.4. The van der Waals surface area contributed by atoms with Crippen molar-refractivity contribution in [3.8, 4) is 0 Å². The van der Waals surface area contributed by atoms with Crippen molar-refractivity contribution in [3.05, 3.63) is 46.4 Å². The van der Waals surface area contributed by atoms with Gasteiger partial charge in [-0.15, -0.1) is 0 Å². The van der Waals surface area contributed by atoms with E-state index in [1.165, 1.54) is 6.33 Å². The first-order chi connectivity index (χ1) is 11.6. The summed E-state index contributed by atoms with van der Waals surface area (Å²) in [5.74, 6) is 0.578. The first-order valence-corrected chi connectivity index (χ1v) is 8.05. The molecule has 0 aliphatic rings. The van der Waals surface area contributed by atoms with Gasteiger partial charge >= 0.3 is 0 Å². The van der Waals surface area contributed by atoms with Crippen LogP contribution in [0.4, 0.5) is 11.5 Å². The number of aryl methyl sites for hydroxylation is 1. The Kier molecular flexibility index (Phi) is 4.77. The Morgan fingerprint density at radius 2 is 2.21 bits per heavy atom. The van der Waals surface area contributed by atoms with E-state index in [2.05, 4.69) is 36.5 Å². The number of carbonyl (C=O) groups excluding carboxylic acids is 1. The highest BCUT2D eigenvalue weighted by atomic mass is 79.9. The number of rotatable bonds is 5. The van der Waals surface area contributed by atoms with Gasteiger partial charge in [0, 0.05) is 16.7 Å². The second-order valence-corrected chi connectivity index (χ2v) is 5.97. The molecule has 0 saturated carbocycles. The van der Waals surface area contributed by atoms with E-state index in [-0.39, 0.29) is 19.1 Å². The Bertz CT molecular complexity index is 894. The number of hydrogen-bond acceptors (Lipinski definition) is 6. The van der Waals surface area contributed by atoms with Crippen molar-refractivity contribution in [2.75, 3.05) is 18.5 Å². The number of furan rings is 1. The molecule has 0 atom stereocenters. The van der Waals surface area contributed by atoms with Crippen LogP contribution in [0, 0.1) is 6.92 Å². The van der Waals surface area contributed by atoms with E-state index in [9.17, 15) is 4.79 Å². The van der Waals surface area contributed by atoms with E-state index in [1.54, 1.807) is 6.92 Å². The lowest BCUT2D eigenvalue weighted by Crippen LogP contribution is -2.26. The third-order valence-electron chi connectivity index (χ3n) is 3.38. The van der Waals surface area contributed by atoms with Crippen molar-refractivity contribution in [1.29, 1.82) is 0 Å². The van der Waals surface area contributed by atoms with Gasteiger partial charge in [-0.1, -0.05) is 22.0 Å². The van der Waals surface area contributed by atoms with E-state index in [0.717, 1.165) is 10.2 Å². The molecule has 7 nitrogen and oxygen atoms in total. The molecule has 3 rings (SSSR count). The summed E-state index contributed by atoms with van der Waals surface area (Å²) in [6, 6.07) is 7.58. The van der Waals surface area contributed by atoms with Crippen molar-refractivity contribution in [1.82, 2.24) is 15.3 Å². The van der Waals surface area contributed by atoms with Crippen molar-refractivity contribution in [3.63, 3.8) is 0 Å². The number of fused-ring (bicyclic) bond motifs is 1. The molecular formula is C16H15BrN4O3. The summed E-state index contributed by atoms with van der Waals surface area (Å²) in [4.78, 5) is 20.7. The van der Waals surface area contributed by atoms with Crippen LogP contribution in [0.25, 0.3) is 11.1 Å². The minimum absolute atomic E-state index is 0.139. The number of nitrogens with zero attached hydrogens (tertiary/aromatic N) is 2. The van der Waals surface area contributed by atoms with Crippen molar-refractivity contribution in [2.45, 2.75) is 6.92 Å². The van der Waals surface area contributed by atoms with E-state index < -0.39 is 0 Å². The number of benzene rings is 1. The summed E-state index contributed by atoms with van der Waals surface area (Å²) in [6.07, 6.45) is 1.38. The number of nitrogens with one attached hydrogen (secondary N) is 2. The summed E-state index contributed by atoms with van der Waals surface area (Å²) in [5.41, 5.74) is 1.50. The number of aliphatic hydroxyl groups excluding tert-OH is 1. The fourth-order valence-corrected chi connectivity index (χ4v) is 2.77. The average Bonchev–Trinajstić information content (AvgIpc) is 2.90. The Labute approximate surface area is 146 Å². The normalized spacial score (nSPS) is 10.8. The summed E-state index contributed by atoms with van der Waals surface area (Å²) >= 11 is 3.42. The van der Waals surface area contributed by atoms with Crippen LogP contribution < -0.4 is 10.6 Å². The molecular weight excluding hydrogens is 376 g/mol. The smallest absolute Gasteiger partial charge is 0.255 e. The zero-order chi connectivity index (χ0) is 17.1. The molecule has 3 N–H and O–H groups in total. The number of halogens is 1. The Morgan fingerprint density at radius 3 is 2.96 bits per heavy atom. The molecule has 0 radical (unpaired) electrons. The maximum absolute atomic E-state index is 12.4. The predicted octanol–water partition coefficient (Wildman–Crippen LogP) is 2.76. The number of aliphatic hydroxyl groups is 1. The SMILES string of the molecule is Cc1oc2ncnc(Nc3cccc(Br)c3)c2c1C(=O)NCCO. The van der Waals surface area contributed by atoms with Crippen LogP contribution >= 0.6 is 15.9 Å². The summed E-state index contributed by atoms with van der Waals surface area (Å²) in [7, 11) is 0. The minimum atomic E-state index is -0.340. The van der Waals surface area contributed by atoms with Crippen molar-refractivity contribution < 1.29 is 14.3 Å². The summed E-state index contributed by atoms with van der Waals surface area (Å²) < 4.78 is 6.50. The van der Waals surface area contributed by atoms with E-state index in [0.29, 0.717) is 28.2 Å². The van der Waals surface area contributed by atoms with Crippen molar-refractivity contribution in [2.24, 2.45) is 0 Å². The van der Waals surface area contributed by atoms with Crippen LogP contribution in [-0.2, 0) is 0 Å². The lowest BCUT2D eigenvalue weighted by atomic mass is 10.1. The molecule has 2 aromatic heterocycles. The quantitative estimate of drug-likeness (QED) is 0.619. The fraction of sp³-hybridized carbons (Fsp3) is 0.188. The zero-order valence-corrected chi connectivity index (χ0v) is 14.4. The molecule has 24 heavy (non-hydrogen) atoms. The minimum Gasteiger partial charge on any atom is -0.442 e.